The fourth-order valence-corrected chi connectivity index (χ4v) is 4.35. The predicted octanol–water partition coefficient (Wildman–Crippen LogP) is 2.60. The number of carbonyl (C=O) groups is 1. The lowest BCUT2D eigenvalue weighted by Gasteiger charge is -2.57. The minimum absolute atomic E-state index is 0.0442. The number of hydrogen-bond donors (Lipinski definition) is 2. The molecule has 4 rings (SSSR count). The molecular formula is C18H26N2O3. The summed E-state index contributed by atoms with van der Waals surface area (Å²) in [5.74, 6) is 0.624. The molecule has 126 valence electrons. The Bertz CT molecular complexity index is 573. The molecule has 0 unspecified atom stereocenters. The number of hydrogen-bond acceptors (Lipinski definition) is 3. The molecule has 2 aliphatic carbocycles. The zero-order valence-electron chi connectivity index (χ0n) is 13.8. The Kier molecular flexibility index (Phi) is 3.93. The van der Waals surface area contributed by atoms with E-state index in [2.05, 4.69) is 16.4 Å². The highest BCUT2D eigenvalue weighted by molar-refractivity contribution is 5.94. The molecule has 1 spiro atoms. The molecule has 1 aromatic rings. The van der Waals surface area contributed by atoms with E-state index < -0.39 is 0 Å². The lowest BCUT2D eigenvalue weighted by atomic mass is 9.57. The first-order valence-corrected chi connectivity index (χ1v) is 8.92. The van der Waals surface area contributed by atoms with Crippen molar-refractivity contribution < 1.29 is 14.3 Å². The summed E-state index contributed by atoms with van der Waals surface area (Å²) in [4.78, 5) is 15.9. The standard InChI is InChI=1S/C18H26N2O3/c1-2-23-15-11-14(18(15)6-9-22-10-7-18)20-17(21)16-13(5-8-19-16)12-3-4-12/h5,8,12,14-15,19H,2-4,6-7,9-11H2,1H3,(H,20,21)/t14-,15-/m1/s1. The summed E-state index contributed by atoms with van der Waals surface area (Å²) in [5, 5.41) is 3.29. The highest BCUT2D eigenvalue weighted by Crippen LogP contribution is 2.51. The van der Waals surface area contributed by atoms with Crippen molar-refractivity contribution in [1.82, 2.24) is 10.3 Å². The first kappa shape index (κ1) is 15.2. The zero-order valence-corrected chi connectivity index (χ0v) is 13.8. The van der Waals surface area contributed by atoms with Gasteiger partial charge in [0.2, 0.25) is 0 Å². The van der Waals surface area contributed by atoms with Crippen LogP contribution in [-0.2, 0) is 9.47 Å². The van der Waals surface area contributed by atoms with E-state index >= 15 is 0 Å². The predicted molar refractivity (Wildman–Crippen MR) is 86.5 cm³/mol. The minimum Gasteiger partial charge on any atom is -0.381 e. The molecule has 3 fully saturated rings. The second-order valence-electron chi connectivity index (χ2n) is 7.13. The van der Waals surface area contributed by atoms with E-state index in [0.717, 1.165) is 44.8 Å². The van der Waals surface area contributed by atoms with Crippen molar-refractivity contribution in [2.75, 3.05) is 19.8 Å². The average molecular weight is 318 g/mol. The van der Waals surface area contributed by atoms with Gasteiger partial charge in [-0.3, -0.25) is 4.79 Å². The van der Waals surface area contributed by atoms with Gasteiger partial charge in [-0.15, -0.1) is 0 Å². The number of ether oxygens (including phenoxy) is 2. The van der Waals surface area contributed by atoms with Crippen LogP contribution in [0.4, 0.5) is 0 Å². The maximum atomic E-state index is 12.7. The number of aromatic amines is 1. The van der Waals surface area contributed by atoms with Gasteiger partial charge < -0.3 is 19.8 Å². The van der Waals surface area contributed by atoms with Gasteiger partial charge in [0.15, 0.2) is 0 Å². The molecule has 2 saturated carbocycles. The maximum absolute atomic E-state index is 12.7. The molecule has 0 bridgehead atoms. The Morgan fingerprint density at radius 3 is 2.91 bits per heavy atom. The number of aromatic nitrogens is 1. The molecule has 5 nitrogen and oxygen atoms in total. The Balaban J connectivity index is 1.47. The number of amides is 1. The number of rotatable bonds is 5. The lowest BCUT2D eigenvalue weighted by molar-refractivity contribution is -0.170. The van der Waals surface area contributed by atoms with Crippen molar-refractivity contribution in [1.29, 1.82) is 0 Å². The van der Waals surface area contributed by atoms with E-state index in [1.54, 1.807) is 0 Å². The maximum Gasteiger partial charge on any atom is 0.268 e. The number of H-pyrrole nitrogens is 1. The summed E-state index contributed by atoms with van der Waals surface area (Å²) in [6.07, 6.45) is 7.42. The van der Waals surface area contributed by atoms with Gasteiger partial charge in [0.25, 0.3) is 5.91 Å². The molecular weight excluding hydrogens is 292 g/mol. The third-order valence-electron chi connectivity index (χ3n) is 5.91. The Hall–Kier alpha value is -1.33. The molecule has 5 heteroatoms. The molecule has 3 aliphatic rings. The molecule has 1 amide bonds. The van der Waals surface area contributed by atoms with Crippen molar-refractivity contribution in [3.8, 4) is 0 Å². The largest absolute Gasteiger partial charge is 0.381 e. The van der Waals surface area contributed by atoms with Gasteiger partial charge in [-0.05, 0) is 56.6 Å². The van der Waals surface area contributed by atoms with Gasteiger partial charge in [-0.2, -0.15) is 0 Å². The van der Waals surface area contributed by atoms with Crippen molar-refractivity contribution >= 4 is 5.91 Å². The van der Waals surface area contributed by atoms with Crippen LogP contribution in [0.2, 0.25) is 0 Å². The molecule has 2 atom stereocenters. The van der Waals surface area contributed by atoms with E-state index in [1.165, 1.54) is 18.4 Å². The minimum atomic E-state index is 0.0442. The van der Waals surface area contributed by atoms with Gasteiger partial charge in [0, 0.05) is 37.5 Å². The number of nitrogens with one attached hydrogen (secondary N) is 2. The van der Waals surface area contributed by atoms with Gasteiger partial charge >= 0.3 is 0 Å². The molecule has 2 heterocycles. The summed E-state index contributed by atoms with van der Waals surface area (Å²) in [6, 6.07) is 2.26. The molecule has 0 aromatic carbocycles. The molecule has 2 N–H and O–H groups in total. The van der Waals surface area contributed by atoms with Crippen molar-refractivity contribution in [3.05, 3.63) is 23.5 Å². The third-order valence-corrected chi connectivity index (χ3v) is 5.91. The van der Waals surface area contributed by atoms with Crippen LogP contribution in [0.3, 0.4) is 0 Å². The monoisotopic (exact) mass is 318 g/mol. The van der Waals surface area contributed by atoms with Crippen LogP contribution < -0.4 is 5.32 Å². The Labute approximate surface area is 137 Å². The molecule has 1 aliphatic heterocycles. The van der Waals surface area contributed by atoms with Gasteiger partial charge in [-0.25, -0.2) is 0 Å². The first-order valence-electron chi connectivity index (χ1n) is 8.92. The summed E-state index contributed by atoms with van der Waals surface area (Å²) in [5.41, 5.74) is 2.01. The SMILES string of the molecule is CCO[C@@H]1C[C@@H](NC(=O)c2[nH]ccc2C2CC2)C12CCOCC2. The average Bonchev–Trinajstić information content (AvgIpc) is 3.31. The highest BCUT2D eigenvalue weighted by Gasteiger charge is 2.56. The van der Waals surface area contributed by atoms with Gasteiger partial charge in [-0.1, -0.05) is 0 Å². The Morgan fingerprint density at radius 2 is 2.22 bits per heavy atom. The van der Waals surface area contributed by atoms with Crippen LogP contribution in [-0.4, -0.2) is 42.9 Å². The molecule has 1 aromatic heterocycles. The molecule has 0 radical (unpaired) electrons. The first-order chi connectivity index (χ1) is 11.2. The number of carbonyl (C=O) groups excluding carboxylic acids is 1. The van der Waals surface area contributed by atoms with Crippen LogP contribution in [0, 0.1) is 5.41 Å². The normalized spacial score (nSPS) is 29.3. The van der Waals surface area contributed by atoms with Crippen molar-refractivity contribution in [2.45, 2.75) is 57.1 Å². The lowest BCUT2D eigenvalue weighted by Crippen LogP contribution is -2.66. The fraction of sp³-hybridized carbons (Fsp3) is 0.722. The van der Waals surface area contributed by atoms with Crippen LogP contribution in [0.5, 0.6) is 0 Å². The van der Waals surface area contributed by atoms with Crippen LogP contribution in [0.15, 0.2) is 12.3 Å². The summed E-state index contributed by atoms with van der Waals surface area (Å²) >= 11 is 0. The van der Waals surface area contributed by atoms with Gasteiger partial charge in [0.1, 0.15) is 5.69 Å². The molecule has 23 heavy (non-hydrogen) atoms. The third kappa shape index (κ3) is 2.60. The fourth-order valence-electron chi connectivity index (χ4n) is 4.35. The van der Waals surface area contributed by atoms with Crippen molar-refractivity contribution in [3.63, 3.8) is 0 Å². The van der Waals surface area contributed by atoms with E-state index in [-0.39, 0.29) is 23.5 Å². The van der Waals surface area contributed by atoms with Gasteiger partial charge in [0.05, 0.1) is 6.10 Å². The van der Waals surface area contributed by atoms with E-state index in [9.17, 15) is 4.79 Å². The van der Waals surface area contributed by atoms with E-state index in [4.69, 9.17) is 9.47 Å². The topological polar surface area (TPSA) is 63.3 Å². The summed E-state index contributed by atoms with van der Waals surface area (Å²) in [6.45, 7) is 4.31. The summed E-state index contributed by atoms with van der Waals surface area (Å²) < 4.78 is 11.5. The van der Waals surface area contributed by atoms with Crippen LogP contribution in [0.25, 0.3) is 0 Å². The molecule has 1 saturated heterocycles. The second-order valence-corrected chi connectivity index (χ2v) is 7.13. The quantitative estimate of drug-likeness (QED) is 0.877. The van der Waals surface area contributed by atoms with Crippen LogP contribution in [0.1, 0.15) is 61.0 Å². The highest BCUT2D eigenvalue weighted by atomic mass is 16.5. The van der Waals surface area contributed by atoms with Crippen LogP contribution >= 0.6 is 0 Å². The summed E-state index contributed by atoms with van der Waals surface area (Å²) in [7, 11) is 0. The Morgan fingerprint density at radius 1 is 1.43 bits per heavy atom. The second kappa shape index (κ2) is 5.95. The van der Waals surface area contributed by atoms with E-state index in [1.807, 2.05) is 13.1 Å². The van der Waals surface area contributed by atoms with Crippen molar-refractivity contribution in [2.24, 2.45) is 5.41 Å². The van der Waals surface area contributed by atoms with E-state index in [0.29, 0.717) is 5.92 Å². The zero-order chi connectivity index (χ0) is 15.9. The smallest absolute Gasteiger partial charge is 0.268 e.